The monoisotopic (exact) mass is 360 g/mol. The standard InChI is InChI=1S/C19H24N2O3S/c1-4-11-20-19(22)18-12-17(10-7-15(18)3)25(23,24)21-13-16-8-5-14(2)6-9-16/h5-10,12,21H,4,11,13H2,1-3H3,(H,20,22). The Morgan fingerprint density at radius 1 is 1.04 bits per heavy atom. The molecule has 0 saturated carbocycles. The highest BCUT2D eigenvalue weighted by atomic mass is 32.2. The number of sulfonamides is 1. The molecule has 0 aliphatic carbocycles. The zero-order valence-electron chi connectivity index (χ0n) is 14.8. The molecule has 1 amide bonds. The summed E-state index contributed by atoms with van der Waals surface area (Å²) in [5.74, 6) is -0.255. The van der Waals surface area contributed by atoms with Gasteiger partial charge in [0.05, 0.1) is 4.90 Å². The van der Waals surface area contributed by atoms with Crippen molar-refractivity contribution in [3.8, 4) is 0 Å². The van der Waals surface area contributed by atoms with E-state index in [1.54, 1.807) is 13.0 Å². The van der Waals surface area contributed by atoms with Gasteiger partial charge in [0.15, 0.2) is 0 Å². The van der Waals surface area contributed by atoms with Gasteiger partial charge in [0.1, 0.15) is 0 Å². The lowest BCUT2D eigenvalue weighted by molar-refractivity contribution is 0.0953. The van der Waals surface area contributed by atoms with E-state index in [-0.39, 0.29) is 17.3 Å². The summed E-state index contributed by atoms with van der Waals surface area (Å²) in [6, 6.07) is 12.2. The maximum absolute atomic E-state index is 12.5. The molecule has 0 spiro atoms. The molecule has 2 aromatic carbocycles. The Hall–Kier alpha value is -2.18. The number of carbonyl (C=O) groups is 1. The molecular formula is C19H24N2O3S. The summed E-state index contributed by atoms with van der Waals surface area (Å²) in [5, 5.41) is 2.78. The fourth-order valence-electron chi connectivity index (χ4n) is 2.31. The molecule has 0 aliphatic rings. The van der Waals surface area contributed by atoms with Crippen LogP contribution in [-0.2, 0) is 16.6 Å². The van der Waals surface area contributed by atoms with Crippen LogP contribution in [0.1, 0.15) is 40.4 Å². The first kappa shape index (κ1) is 19.1. The molecule has 6 heteroatoms. The smallest absolute Gasteiger partial charge is 0.251 e. The van der Waals surface area contributed by atoms with E-state index in [1.165, 1.54) is 12.1 Å². The van der Waals surface area contributed by atoms with Gasteiger partial charge in [-0.2, -0.15) is 0 Å². The highest BCUT2D eigenvalue weighted by Crippen LogP contribution is 2.16. The van der Waals surface area contributed by atoms with E-state index in [0.717, 1.165) is 23.1 Å². The number of benzene rings is 2. The minimum absolute atomic E-state index is 0.0897. The third-order valence-electron chi connectivity index (χ3n) is 3.89. The lowest BCUT2D eigenvalue weighted by Gasteiger charge is -2.11. The summed E-state index contributed by atoms with van der Waals surface area (Å²) < 4.78 is 27.6. The summed E-state index contributed by atoms with van der Waals surface area (Å²) in [7, 11) is -3.69. The van der Waals surface area contributed by atoms with Crippen LogP contribution in [0.3, 0.4) is 0 Å². The molecule has 0 radical (unpaired) electrons. The van der Waals surface area contributed by atoms with Gasteiger partial charge >= 0.3 is 0 Å². The first-order valence-corrected chi connectivity index (χ1v) is 9.76. The zero-order valence-corrected chi connectivity index (χ0v) is 15.6. The average molecular weight is 360 g/mol. The van der Waals surface area contributed by atoms with Gasteiger partial charge in [0.25, 0.3) is 5.91 Å². The van der Waals surface area contributed by atoms with Gasteiger partial charge in [-0.1, -0.05) is 42.8 Å². The minimum Gasteiger partial charge on any atom is -0.352 e. The number of aryl methyl sites for hydroxylation is 2. The maximum Gasteiger partial charge on any atom is 0.251 e. The van der Waals surface area contributed by atoms with Crippen LogP contribution >= 0.6 is 0 Å². The highest BCUT2D eigenvalue weighted by molar-refractivity contribution is 7.89. The number of hydrogen-bond acceptors (Lipinski definition) is 3. The molecule has 2 aromatic rings. The van der Waals surface area contributed by atoms with Gasteiger partial charge in [-0.25, -0.2) is 13.1 Å². The highest BCUT2D eigenvalue weighted by Gasteiger charge is 2.17. The van der Waals surface area contributed by atoms with E-state index in [1.807, 2.05) is 38.1 Å². The third-order valence-corrected chi connectivity index (χ3v) is 5.29. The van der Waals surface area contributed by atoms with Crippen molar-refractivity contribution in [3.05, 3.63) is 64.7 Å². The molecule has 0 saturated heterocycles. The Morgan fingerprint density at radius 3 is 2.36 bits per heavy atom. The number of amides is 1. The van der Waals surface area contributed by atoms with Crippen molar-refractivity contribution in [1.29, 1.82) is 0 Å². The molecule has 134 valence electrons. The van der Waals surface area contributed by atoms with E-state index < -0.39 is 10.0 Å². The summed E-state index contributed by atoms with van der Waals surface area (Å²) in [6.07, 6.45) is 0.820. The van der Waals surface area contributed by atoms with E-state index in [0.29, 0.717) is 12.1 Å². The van der Waals surface area contributed by atoms with Crippen molar-refractivity contribution in [1.82, 2.24) is 10.0 Å². The van der Waals surface area contributed by atoms with Crippen LogP contribution in [-0.4, -0.2) is 20.9 Å². The van der Waals surface area contributed by atoms with Crippen molar-refractivity contribution < 1.29 is 13.2 Å². The van der Waals surface area contributed by atoms with Gasteiger partial charge in [-0.15, -0.1) is 0 Å². The van der Waals surface area contributed by atoms with E-state index in [4.69, 9.17) is 0 Å². The molecule has 0 unspecified atom stereocenters. The summed E-state index contributed by atoms with van der Waals surface area (Å²) in [4.78, 5) is 12.3. The van der Waals surface area contributed by atoms with Crippen LogP contribution in [0.15, 0.2) is 47.4 Å². The molecule has 0 heterocycles. The zero-order chi connectivity index (χ0) is 18.4. The number of rotatable bonds is 7. The van der Waals surface area contributed by atoms with Crippen LogP contribution in [0, 0.1) is 13.8 Å². The molecule has 0 aromatic heterocycles. The SMILES string of the molecule is CCCNC(=O)c1cc(S(=O)(=O)NCc2ccc(C)cc2)ccc1C. The van der Waals surface area contributed by atoms with Gasteiger partial charge in [-0.3, -0.25) is 4.79 Å². The average Bonchev–Trinajstić information content (AvgIpc) is 2.59. The van der Waals surface area contributed by atoms with Gasteiger partial charge in [-0.05, 0) is 43.5 Å². The van der Waals surface area contributed by atoms with Crippen molar-refractivity contribution in [2.24, 2.45) is 0 Å². The lowest BCUT2D eigenvalue weighted by Crippen LogP contribution is -2.26. The second-order valence-electron chi connectivity index (χ2n) is 6.04. The minimum atomic E-state index is -3.69. The van der Waals surface area contributed by atoms with Gasteiger partial charge < -0.3 is 5.32 Å². The Bertz CT molecular complexity index is 843. The van der Waals surface area contributed by atoms with Gasteiger partial charge in [0, 0.05) is 18.7 Å². The molecule has 5 nitrogen and oxygen atoms in total. The second-order valence-corrected chi connectivity index (χ2v) is 7.81. The molecular weight excluding hydrogens is 336 g/mol. The Kier molecular flexibility index (Phi) is 6.33. The summed E-state index contributed by atoms with van der Waals surface area (Å²) >= 11 is 0. The molecule has 25 heavy (non-hydrogen) atoms. The maximum atomic E-state index is 12.5. The van der Waals surface area contributed by atoms with Crippen LogP contribution in [0.4, 0.5) is 0 Å². The topological polar surface area (TPSA) is 75.3 Å². The first-order chi connectivity index (χ1) is 11.8. The summed E-state index contributed by atoms with van der Waals surface area (Å²) in [5.41, 5.74) is 3.12. The quantitative estimate of drug-likeness (QED) is 0.797. The number of nitrogens with one attached hydrogen (secondary N) is 2. The molecule has 2 N–H and O–H groups in total. The predicted molar refractivity (Wildman–Crippen MR) is 99.0 cm³/mol. The Morgan fingerprint density at radius 2 is 1.72 bits per heavy atom. The van der Waals surface area contributed by atoms with Crippen molar-refractivity contribution >= 4 is 15.9 Å². The Labute approximate surface area is 149 Å². The predicted octanol–water partition coefficient (Wildman–Crippen LogP) is 2.92. The van der Waals surface area contributed by atoms with Crippen LogP contribution in [0.5, 0.6) is 0 Å². The number of hydrogen-bond donors (Lipinski definition) is 2. The van der Waals surface area contributed by atoms with E-state index in [2.05, 4.69) is 10.0 Å². The second kappa shape index (κ2) is 8.27. The van der Waals surface area contributed by atoms with Crippen LogP contribution in [0.2, 0.25) is 0 Å². The van der Waals surface area contributed by atoms with Gasteiger partial charge in [0.2, 0.25) is 10.0 Å². The first-order valence-electron chi connectivity index (χ1n) is 8.27. The van der Waals surface area contributed by atoms with Crippen LogP contribution in [0.25, 0.3) is 0 Å². The summed E-state index contributed by atoms with van der Waals surface area (Å²) in [6.45, 7) is 6.49. The fraction of sp³-hybridized carbons (Fsp3) is 0.316. The largest absolute Gasteiger partial charge is 0.352 e. The van der Waals surface area contributed by atoms with E-state index >= 15 is 0 Å². The van der Waals surface area contributed by atoms with Crippen molar-refractivity contribution in [2.75, 3.05) is 6.54 Å². The third kappa shape index (κ3) is 5.14. The van der Waals surface area contributed by atoms with Crippen molar-refractivity contribution in [3.63, 3.8) is 0 Å². The lowest BCUT2D eigenvalue weighted by atomic mass is 10.1. The molecule has 0 bridgehead atoms. The van der Waals surface area contributed by atoms with Crippen LogP contribution < -0.4 is 10.0 Å². The Balaban J connectivity index is 2.18. The molecule has 0 atom stereocenters. The number of carbonyl (C=O) groups excluding carboxylic acids is 1. The molecule has 2 rings (SSSR count). The van der Waals surface area contributed by atoms with E-state index in [9.17, 15) is 13.2 Å². The fourth-order valence-corrected chi connectivity index (χ4v) is 3.36. The normalized spacial score (nSPS) is 11.3. The molecule has 0 fully saturated rings. The van der Waals surface area contributed by atoms with Crippen molar-refractivity contribution in [2.45, 2.75) is 38.6 Å². The molecule has 0 aliphatic heterocycles.